The quantitative estimate of drug-likeness (QED) is 0.729. The molecule has 1 N–H and O–H groups in total. The monoisotopic (exact) mass is 229 g/mol. The van der Waals surface area contributed by atoms with Gasteiger partial charge in [-0.05, 0) is 29.7 Å². The first-order valence-corrected chi connectivity index (χ1v) is 5.16. The minimum Gasteiger partial charge on any atom is -0.352 e. The third kappa shape index (κ3) is 1.86. The third-order valence-electron chi connectivity index (χ3n) is 2.34. The molecule has 0 spiro atoms. The number of hydrogen-bond donors (Lipinski definition) is 1. The van der Waals surface area contributed by atoms with Gasteiger partial charge in [0.15, 0.2) is 0 Å². The maximum Gasteiger partial charge on any atom is 0.220 e. The molecule has 0 aliphatic carbocycles. The van der Waals surface area contributed by atoms with E-state index in [2.05, 4.69) is 5.32 Å². The smallest absolute Gasteiger partial charge is 0.220 e. The number of rotatable bonds is 0. The first kappa shape index (κ1) is 9.81. The van der Waals surface area contributed by atoms with Crippen molar-refractivity contribution < 1.29 is 4.79 Å². The van der Waals surface area contributed by atoms with Crippen LogP contribution < -0.4 is 5.32 Å². The topological polar surface area (TPSA) is 29.1 Å². The molecule has 14 heavy (non-hydrogen) atoms. The van der Waals surface area contributed by atoms with Crippen LogP contribution in [0.1, 0.15) is 17.5 Å². The molecule has 0 fully saturated rings. The molecule has 0 saturated heterocycles. The van der Waals surface area contributed by atoms with Gasteiger partial charge >= 0.3 is 0 Å². The largest absolute Gasteiger partial charge is 0.352 e. The summed E-state index contributed by atoms with van der Waals surface area (Å²) < 4.78 is 0. The minimum absolute atomic E-state index is 0.0773. The second kappa shape index (κ2) is 3.79. The van der Waals surface area contributed by atoms with Gasteiger partial charge in [-0.1, -0.05) is 23.2 Å². The van der Waals surface area contributed by atoms with E-state index in [0.717, 1.165) is 17.5 Å². The zero-order valence-corrected chi connectivity index (χ0v) is 8.95. The Bertz CT molecular complexity index is 355. The molecule has 0 radical (unpaired) electrons. The lowest BCUT2D eigenvalue weighted by molar-refractivity contribution is -0.121. The predicted molar refractivity (Wildman–Crippen MR) is 56.6 cm³/mol. The van der Waals surface area contributed by atoms with Crippen LogP contribution >= 0.6 is 23.2 Å². The van der Waals surface area contributed by atoms with Crippen LogP contribution in [0.25, 0.3) is 0 Å². The molecule has 1 heterocycles. The SMILES string of the molecule is O=C1CCc2cc(Cl)c(Cl)cc2CN1. The molecule has 0 atom stereocenters. The van der Waals surface area contributed by atoms with Gasteiger partial charge in [0.05, 0.1) is 10.0 Å². The number of aryl methyl sites for hydroxylation is 1. The Morgan fingerprint density at radius 1 is 1.07 bits per heavy atom. The van der Waals surface area contributed by atoms with Crippen LogP contribution in [0.2, 0.25) is 10.0 Å². The van der Waals surface area contributed by atoms with Crippen molar-refractivity contribution in [3.8, 4) is 0 Å². The summed E-state index contributed by atoms with van der Waals surface area (Å²) in [7, 11) is 0. The van der Waals surface area contributed by atoms with Gasteiger partial charge in [-0.3, -0.25) is 4.79 Å². The third-order valence-corrected chi connectivity index (χ3v) is 3.06. The number of benzene rings is 1. The highest BCUT2D eigenvalue weighted by Crippen LogP contribution is 2.27. The van der Waals surface area contributed by atoms with Crippen LogP contribution in [0.5, 0.6) is 0 Å². The van der Waals surface area contributed by atoms with E-state index in [4.69, 9.17) is 23.2 Å². The number of nitrogens with one attached hydrogen (secondary N) is 1. The van der Waals surface area contributed by atoms with E-state index in [1.165, 1.54) is 0 Å². The molecule has 1 aliphatic heterocycles. The molecule has 1 aromatic carbocycles. The molecule has 2 rings (SSSR count). The Balaban J connectivity index is 2.41. The fourth-order valence-corrected chi connectivity index (χ4v) is 1.93. The molecule has 0 saturated carbocycles. The van der Waals surface area contributed by atoms with E-state index < -0.39 is 0 Å². The average Bonchev–Trinajstić information content (AvgIpc) is 2.31. The lowest BCUT2D eigenvalue weighted by Gasteiger charge is -2.06. The van der Waals surface area contributed by atoms with E-state index in [0.29, 0.717) is 23.0 Å². The van der Waals surface area contributed by atoms with Crippen molar-refractivity contribution in [1.82, 2.24) is 5.32 Å². The highest BCUT2D eigenvalue weighted by Gasteiger charge is 2.13. The Kier molecular flexibility index (Phi) is 2.66. The molecular formula is C10H9Cl2NO. The number of hydrogen-bond acceptors (Lipinski definition) is 1. The molecular weight excluding hydrogens is 221 g/mol. The summed E-state index contributed by atoms with van der Waals surface area (Å²) in [4.78, 5) is 11.1. The molecule has 1 aromatic rings. The summed E-state index contributed by atoms with van der Waals surface area (Å²) in [6, 6.07) is 3.67. The van der Waals surface area contributed by atoms with Gasteiger partial charge in [0, 0.05) is 13.0 Å². The van der Waals surface area contributed by atoms with Crippen LogP contribution in [-0.2, 0) is 17.8 Å². The Labute approximate surface area is 92.2 Å². The van der Waals surface area contributed by atoms with Crippen molar-refractivity contribution >= 4 is 29.1 Å². The van der Waals surface area contributed by atoms with Crippen LogP contribution in [0.15, 0.2) is 12.1 Å². The Morgan fingerprint density at radius 2 is 1.71 bits per heavy atom. The standard InChI is InChI=1S/C10H9Cl2NO/c11-8-3-6-1-2-10(14)13-5-7(6)4-9(8)12/h3-4H,1-2,5H2,(H,13,14). The van der Waals surface area contributed by atoms with Gasteiger partial charge in [0.25, 0.3) is 0 Å². The van der Waals surface area contributed by atoms with E-state index in [1.807, 2.05) is 12.1 Å². The number of carbonyl (C=O) groups excluding carboxylic acids is 1. The summed E-state index contributed by atoms with van der Waals surface area (Å²) >= 11 is 11.8. The van der Waals surface area contributed by atoms with Gasteiger partial charge in [-0.15, -0.1) is 0 Å². The first-order valence-electron chi connectivity index (χ1n) is 4.40. The number of fused-ring (bicyclic) bond motifs is 1. The zero-order chi connectivity index (χ0) is 10.1. The molecule has 0 bridgehead atoms. The van der Waals surface area contributed by atoms with Crippen molar-refractivity contribution in [3.63, 3.8) is 0 Å². The highest BCUT2D eigenvalue weighted by molar-refractivity contribution is 6.42. The summed E-state index contributed by atoms with van der Waals surface area (Å²) in [6.45, 7) is 0.547. The van der Waals surface area contributed by atoms with Gasteiger partial charge in [0.1, 0.15) is 0 Å². The van der Waals surface area contributed by atoms with E-state index in [9.17, 15) is 4.79 Å². The van der Waals surface area contributed by atoms with Crippen molar-refractivity contribution in [3.05, 3.63) is 33.3 Å². The fraction of sp³-hybridized carbons (Fsp3) is 0.300. The Morgan fingerprint density at radius 3 is 2.43 bits per heavy atom. The van der Waals surface area contributed by atoms with Gasteiger partial charge < -0.3 is 5.32 Å². The fourth-order valence-electron chi connectivity index (χ4n) is 1.56. The van der Waals surface area contributed by atoms with Crippen LogP contribution in [0.4, 0.5) is 0 Å². The minimum atomic E-state index is 0.0773. The lowest BCUT2D eigenvalue weighted by Crippen LogP contribution is -2.20. The molecule has 4 heteroatoms. The Hall–Kier alpha value is -0.730. The van der Waals surface area contributed by atoms with Crippen LogP contribution in [0, 0.1) is 0 Å². The lowest BCUT2D eigenvalue weighted by atomic mass is 10.0. The van der Waals surface area contributed by atoms with Gasteiger partial charge in [-0.25, -0.2) is 0 Å². The molecule has 0 aromatic heterocycles. The van der Waals surface area contributed by atoms with Crippen LogP contribution in [-0.4, -0.2) is 5.91 Å². The number of amides is 1. The van der Waals surface area contributed by atoms with Gasteiger partial charge in [-0.2, -0.15) is 0 Å². The first-order chi connectivity index (χ1) is 6.66. The number of halogens is 2. The van der Waals surface area contributed by atoms with Crippen molar-refractivity contribution in [1.29, 1.82) is 0 Å². The maximum atomic E-state index is 11.1. The summed E-state index contributed by atoms with van der Waals surface area (Å²) in [5.41, 5.74) is 2.17. The average molecular weight is 230 g/mol. The normalized spacial score (nSPS) is 15.7. The van der Waals surface area contributed by atoms with Crippen molar-refractivity contribution in [2.75, 3.05) is 0 Å². The highest BCUT2D eigenvalue weighted by atomic mass is 35.5. The van der Waals surface area contributed by atoms with E-state index in [1.54, 1.807) is 0 Å². The van der Waals surface area contributed by atoms with Crippen molar-refractivity contribution in [2.24, 2.45) is 0 Å². The summed E-state index contributed by atoms with van der Waals surface area (Å²) in [5.74, 6) is 0.0773. The zero-order valence-electron chi connectivity index (χ0n) is 7.44. The van der Waals surface area contributed by atoms with E-state index in [-0.39, 0.29) is 5.91 Å². The number of carbonyl (C=O) groups is 1. The second-order valence-electron chi connectivity index (χ2n) is 3.31. The molecule has 2 nitrogen and oxygen atoms in total. The second-order valence-corrected chi connectivity index (χ2v) is 4.13. The molecule has 1 aliphatic rings. The van der Waals surface area contributed by atoms with E-state index >= 15 is 0 Å². The van der Waals surface area contributed by atoms with Crippen LogP contribution in [0.3, 0.4) is 0 Å². The molecule has 0 unspecified atom stereocenters. The van der Waals surface area contributed by atoms with Gasteiger partial charge in [0.2, 0.25) is 5.91 Å². The molecule has 1 amide bonds. The molecule has 74 valence electrons. The van der Waals surface area contributed by atoms with Crippen molar-refractivity contribution in [2.45, 2.75) is 19.4 Å². The summed E-state index contributed by atoms with van der Waals surface area (Å²) in [6.07, 6.45) is 1.25. The predicted octanol–water partition coefficient (Wildman–Crippen LogP) is 2.56. The summed E-state index contributed by atoms with van der Waals surface area (Å²) in [5, 5.41) is 3.91. The maximum absolute atomic E-state index is 11.1.